The van der Waals surface area contributed by atoms with E-state index in [9.17, 15) is 4.79 Å². The predicted octanol–water partition coefficient (Wildman–Crippen LogP) is 2.02. The van der Waals surface area contributed by atoms with Crippen LogP contribution in [0.1, 0.15) is 11.3 Å². The second-order valence-corrected chi connectivity index (χ2v) is 3.95. The SMILES string of the molecule is CN(Cc1ccncc1)C(=O)NCc1ccco1. The Morgan fingerprint density at radius 3 is 2.83 bits per heavy atom. The number of urea groups is 1. The predicted molar refractivity (Wildman–Crippen MR) is 66.6 cm³/mol. The number of hydrogen-bond donors (Lipinski definition) is 1. The Labute approximate surface area is 105 Å². The zero-order chi connectivity index (χ0) is 12.8. The van der Waals surface area contributed by atoms with Gasteiger partial charge in [0, 0.05) is 26.0 Å². The van der Waals surface area contributed by atoms with E-state index in [4.69, 9.17) is 4.42 Å². The van der Waals surface area contributed by atoms with E-state index in [0.29, 0.717) is 13.1 Å². The van der Waals surface area contributed by atoms with Crippen LogP contribution in [-0.4, -0.2) is 23.0 Å². The third kappa shape index (κ3) is 3.35. The minimum atomic E-state index is -0.136. The summed E-state index contributed by atoms with van der Waals surface area (Å²) in [7, 11) is 1.75. The van der Waals surface area contributed by atoms with Gasteiger partial charge in [-0.1, -0.05) is 0 Å². The summed E-state index contributed by atoms with van der Waals surface area (Å²) < 4.78 is 5.14. The van der Waals surface area contributed by atoms with Crippen LogP contribution in [0.2, 0.25) is 0 Å². The summed E-state index contributed by atoms with van der Waals surface area (Å²) >= 11 is 0. The second-order valence-electron chi connectivity index (χ2n) is 3.95. The summed E-state index contributed by atoms with van der Waals surface area (Å²) in [5.41, 5.74) is 1.04. The number of furan rings is 1. The standard InChI is InChI=1S/C13H15N3O2/c1-16(10-11-4-6-14-7-5-11)13(17)15-9-12-3-2-8-18-12/h2-8H,9-10H2,1H3,(H,15,17). The fraction of sp³-hybridized carbons (Fsp3) is 0.231. The molecule has 0 radical (unpaired) electrons. The molecule has 0 aliphatic heterocycles. The molecule has 0 saturated carbocycles. The first kappa shape index (κ1) is 12.2. The highest BCUT2D eigenvalue weighted by molar-refractivity contribution is 5.73. The van der Waals surface area contributed by atoms with Crippen LogP contribution in [0, 0.1) is 0 Å². The molecular formula is C13H15N3O2. The number of hydrogen-bond acceptors (Lipinski definition) is 3. The number of nitrogens with one attached hydrogen (secondary N) is 1. The molecule has 0 saturated heterocycles. The van der Waals surface area contributed by atoms with Crippen LogP contribution < -0.4 is 5.32 Å². The molecule has 0 fully saturated rings. The van der Waals surface area contributed by atoms with Crippen molar-refractivity contribution in [2.24, 2.45) is 0 Å². The Morgan fingerprint density at radius 1 is 1.39 bits per heavy atom. The fourth-order valence-electron chi connectivity index (χ4n) is 1.54. The first-order chi connectivity index (χ1) is 8.75. The quantitative estimate of drug-likeness (QED) is 0.896. The minimum Gasteiger partial charge on any atom is -0.467 e. The summed E-state index contributed by atoms with van der Waals surface area (Å²) in [6, 6.07) is 7.25. The van der Waals surface area contributed by atoms with Gasteiger partial charge in [-0.15, -0.1) is 0 Å². The third-order valence-electron chi connectivity index (χ3n) is 2.51. The number of carbonyl (C=O) groups excluding carboxylic acids is 1. The van der Waals surface area contributed by atoms with Crippen molar-refractivity contribution in [3.63, 3.8) is 0 Å². The smallest absolute Gasteiger partial charge is 0.317 e. The van der Waals surface area contributed by atoms with Crippen LogP contribution in [0.15, 0.2) is 47.3 Å². The van der Waals surface area contributed by atoms with Crippen LogP contribution in [-0.2, 0) is 13.1 Å². The van der Waals surface area contributed by atoms with Gasteiger partial charge in [-0.2, -0.15) is 0 Å². The van der Waals surface area contributed by atoms with Gasteiger partial charge in [0.1, 0.15) is 5.76 Å². The van der Waals surface area contributed by atoms with Crippen molar-refractivity contribution in [2.45, 2.75) is 13.1 Å². The maximum absolute atomic E-state index is 11.8. The molecule has 2 amide bonds. The second kappa shape index (κ2) is 5.86. The van der Waals surface area contributed by atoms with Crippen molar-refractivity contribution in [3.8, 4) is 0 Å². The molecule has 1 N–H and O–H groups in total. The molecule has 2 heterocycles. The van der Waals surface area contributed by atoms with Crippen molar-refractivity contribution in [3.05, 3.63) is 54.2 Å². The van der Waals surface area contributed by atoms with Gasteiger partial charge in [-0.05, 0) is 29.8 Å². The first-order valence-electron chi connectivity index (χ1n) is 5.66. The zero-order valence-corrected chi connectivity index (χ0v) is 10.2. The summed E-state index contributed by atoms with van der Waals surface area (Å²) in [6.07, 6.45) is 5.01. The summed E-state index contributed by atoms with van der Waals surface area (Å²) in [6.45, 7) is 0.943. The van der Waals surface area contributed by atoms with Crippen molar-refractivity contribution in [2.75, 3.05) is 7.05 Å². The lowest BCUT2D eigenvalue weighted by atomic mass is 10.2. The van der Waals surface area contributed by atoms with E-state index in [-0.39, 0.29) is 6.03 Å². The van der Waals surface area contributed by atoms with E-state index in [2.05, 4.69) is 10.3 Å². The van der Waals surface area contributed by atoms with Crippen molar-refractivity contribution < 1.29 is 9.21 Å². The summed E-state index contributed by atoms with van der Waals surface area (Å²) in [5.74, 6) is 0.737. The van der Waals surface area contributed by atoms with E-state index in [1.165, 1.54) is 0 Å². The number of rotatable bonds is 4. The Bertz CT molecular complexity index is 482. The first-order valence-corrected chi connectivity index (χ1v) is 5.66. The Morgan fingerprint density at radius 2 is 2.17 bits per heavy atom. The normalized spacial score (nSPS) is 10.1. The molecule has 0 bridgehead atoms. The van der Waals surface area contributed by atoms with Crippen molar-refractivity contribution in [1.29, 1.82) is 0 Å². The van der Waals surface area contributed by atoms with Gasteiger partial charge < -0.3 is 14.6 Å². The van der Waals surface area contributed by atoms with Crippen molar-refractivity contribution in [1.82, 2.24) is 15.2 Å². The highest BCUT2D eigenvalue weighted by Crippen LogP contribution is 2.02. The van der Waals surface area contributed by atoms with Crippen LogP contribution in [0.5, 0.6) is 0 Å². The van der Waals surface area contributed by atoms with E-state index in [1.54, 1.807) is 36.7 Å². The molecule has 2 aromatic rings. The lowest BCUT2D eigenvalue weighted by Gasteiger charge is -2.17. The highest BCUT2D eigenvalue weighted by atomic mass is 16.3. The third-order valence-corrected chi connectivity index (χ3v) is 2.51. The van der Waals surface area contributed by atoms with Crippen molar-refractivity contribution >= 4 is 6.03 Å². The number of pyridine rings is 1. The molecule has 0 aliphatic rings. The highest BCUT2D eigenvalue weighted by Gasteiger charge is 2.08. The van der Waals surface area contributed by atoms with E-state index in [1.807, 2.05) is 18.2 Å². The van der Waals surface area contributed by atoms with Gasteiger partial charge in [0.25, 0.3) is 0 Å². The Balaban J connectivity index is 1.82. The maximum atomic E-state index is 11.8. The molecule has 2 rings (SSSR count). The fourth-order valence-corrected chi connectivity index (χ4v) is 1.54. The molecule has 18 heavy (non-hydrogen) atoms. The molecule has 0 atom stereocenters. The van der Waals surface area contributed by atoms with Gasteiger partial charge in [0.15, 0.2) is 0 Å². The van der Waals surface area contributed by atoms with E-state index >= 15 is 0 Å². The molecular weight excluding hydrogens is 230 g/mol. The zero-order valence-electron chi connectivity index (χ0n) is 10.2. The van der Waals surface area contributed by atoms with Crippen LogP contribution >= 0.6 is 0 Å². The molecule has 0 aliphatic carbocycles. The lowest BCUT2D eigenvalue weighted by Crippen LogP contribution is -2.36. The average molecular weight is 245 g/mol. The maximum Gasteiger partial charge on any atom is 0.317 e. The van der Waals surface area contributed by atoms with Crippen LogP contribution in [0.4, 0.5) is 4.79 Å². The summed E-state index contributed by atoms with van der Waals surface area (Å²) in [5, 5.41) is 2.78. The Kier molecular flexibility index (Phi) is 3.96. The molecule has 0 unspecified atom stereocenters. The monoisotopic (exact) mass is 245 g/mol. The van der Waals surface area contributed by atoms with Gasteiger partial charge >= 0.3 is 6.03 Å². The topological polar surface area (TPSA) is 58.4 Å². The largest absolute Gasteiger partial charge is 0.467 e. The average Bonchev–Trinajstić information content (AvgIpc) is 2.90. The molecule has 94 valence electrons. The Hall–Kier alpha value is -2.30. The van der Waals surface area contributed by atoms with E-state index in [0.717, 1.165) is 11.3 Å². The van der Waals surface area contributed by atoms with Gasteiger partial charge in [-0.3, -0.25) is 4.98 Å². The molecule has 5 heteroatoms. The van der Waals surface area contributed by atoms with Gasteiger partial charge in [-0.25, -0.2) is 4.79 Å². The lowest BCUT2D eigenvalue weighted by molar-refractivity contribution is 0.205. The number of amides is 2. The summed E-state index contributed by atoms with van der Waals surface area (Å²) in [4.78, 5) is 17.3. The molecule has 5 nitrogen and oxygen atoms in total. The van der Waals surface area contributed by atoms with Gasteiger partial charge in [0.2, 0.25) is 0 Å². The number of carbonyl (C=O) groups is 1. The van der Waals surface area contributed by atoms with Crippen LogP contribution in [0.3, 0.4) is 0 Å². The van der Waals surface area contributed by atoms with E-state index < -0.39 is 0 Å². The molecule has 0 spiro atoms. The molecule has 2 aromatic heterocycles. The van der Waals surface area contributed by atoms with Gasteiger partial charge in [0.05, 0.1) is 12.8 Å². The number of nitrogens with zero attached hydrogens (tertiary/aromatic N) is 2. The number of aromatic nitrogens is 1. The minimum absolute atomic E-state index is 0.136. The molecule has 0 aromatic carbocycles. The van der Waals surface area contributed by atoms with Crippen LogP contribution in [0.25, 0.3) is 0 Å².